The van der Waals surface area contributed by atoms with Crippen LogP contribution in [-0.4, -0.2) is 11.7 Å². The summed E-state index contributed by atoms with van der Waals surface area (Å²) in [5.41, 5.74) is 2.69. The number of carbonyl (C=O) groups excluding carboxylic acids is 2. The fourth-order valence-corrected chi connectivity index (χ4v) is 4.14. The lowest BCUT2D eigenvalue weighted by Gasteiger charge is -2.38. The minimum Gasteiger partial charge on any atom is -0.329 e. The standard InChI is InChI=1S/C17H18INO2/c1-17(2)8-13-16(14(20)9-17)11(7-15(21)19-13)10-5-3-4-6-12(10)18/h3-6,11H,7-9H2,1-2H3,(H,19,21)/t11-/m1/s1. The maximum Gasteiger partial charge on any atom is 0.225 e. The van der Waals surface area contributed by atoms with E-state index in [1.54, 1.807) is 0 Å². The quantitative estimate of drug-likeness (QED) is 0.740. The molecule has 3 nitrogen and oxygen atoms in total. The van der Waals surface area contributed by atoms with Crippen molar-refractivity contribution in [3.05, 3.63) is 44.7 Å². The Labute approximate surface area is 138 Å². The Balaban J connectivity index is 2.11. The second kappa shape index (κ2) is 5.23. The first-order chi connectivity index (χ1) is 9.87. The molecule has 1 aliphatic carbocycles. The lowest BCUT2D eigenvalue weighted by atomic mass is 9.70. The van der Waals surface area contributed by atoms with Gasteiger partial charge in [0, 0.05) is 33.6 Å². The molecule has 0 radical (unpaired) electrons. The van der Waals surface area contributed by atoms with Gasteiger partial charge in [0.1, 0.15) is 0 Å². The van der Waals surface area contributed by atoms with Crippen molar-refractivity contribution in [2.45, 2.75) is 39.0 Å². The highest BCUT2D eigenvalue weighted by Gasteiger charge is 2.40. The molecule has 110 valence electrons. The molecule has 0 spiro atoms. The molecule has 0 unspecified atom stereocenters. The monoisotopic (exact) mass is 395 g/mol. The van der Waals surface area contributed by atoms with Crippen molar-refractivity contribution in [1.29, 1.82) is 0 Å². The van der Waals surface area contributed by atoms with Crippen LogP contribution in [0.4, 0.5) is 0 Å². The van der Waals surface area contributed by atoms with Crippen molar-refractivity contribution in [2.24, 2.45) is 5.41 Å². The summed E-state index contributed by atoms with van der Waals surface area (Å²) >= 11 is 2.28. The average Bonchev–Trinajstić information content (AvgIpc) is 2.36. The molecule has 0 aromatic heterocycles. The number of allylic oxidation sites excluding steroid dienone is 2. The normalized spacial score (nSPS) is 24.6. The third-order valence-electron chi connectivity index (χ3n) is 4.23. The van der Waals surface area contributed by atoms with Gasteiger partial charge < -0.3 is 5.32 Å². The highest BCUT2D eigenvalue weighted by Crippen LogP contribution is 2.44. The van der Waals surface area contributed by atoms with Gasteiger partial charge >= 0.3 is 0 Å². The number of rotatable bonds is 1. The van der Waals surface area contributed by atoms with E-state index >= 15 is 0 Å². The molecule has 1 aromatic rings. The first-order valence-corrected chi connectivity index (χ1v) is 8.26. The zero-order valence-electron chi connectivity index (χ0n) is 12.2. The van der Waals surface area contributed by atoms with E-state index in [0.29, 0.717) is 12.8 Å². The maximum atomic E-state index is 12.6. The molecule has 4 heteroatoms. The summed E-state index contributed by atoms with van der Waals surface area (Å²) in [6, 6.07) is 8.01. The molecule has 1 heterocycles. The molecule has 21 heavy (non-hydrogen) atoms. The van der Waals surface area contributed by atoms with Gasteiger partial charge in [-0.1, -0.05) is 32.0 Å². The number of amides is 1. The van der Waals surface area contributed by atoms with E-state index in [-0.39, 0.29) is 23.0 Å². The van der Waals surface area contributed by atoms with Gasteiger partial charge in [0.05, 0.1) is 0 Å². The maximum absolute atomic E-state index is 12.6. The van der Waals surface area contributed by atoms with E-state index in [2.05, 4.69) is 41.8 Å². The highest BCUT2D eigenvalue weighted by atomic mass is 127. The van der Waals surface area contributed by atoms with Crippen LogP contribution < -0.4 is 5.32 Å². The van der Waals surface area contributed by atoms with E-state index in [4.69, 9.17) is 0 Å². The Morgan fingerprint density at radius 2 is 1.90 bits per heavy atom. The second-order valence-corrected chi connectivity index (χ2v) is 7.82. The summed E-state index contributed by atoms with van der Waals surface area (Å²) < 4.78 is 1.11. The van der Waals surface area contributed by atoms with E-state index in [1.807, 2.05) is 24.3 Å². The fraction of sp³-hybridized carbons (Fsp3) is 0.412. The Kier molecular flexibility index (Phi) is 3.67. The summed E-state index contributed by atoms with van der Waals surface area (Å²) in [5, 5.41) is 2.94. The van der Waals surface area contributed by atoms with Crippen LogP contribution in [0.15, 0.2) is 35.5 Å². The number of halogens is 1. The molecule has 0 saturated heterocycles. The molecule has 1 N–H and O–H groups in total. The van der Waals surface area contributed by atoms with Crippen LogP contribution in [0.2, 0.25) is 0 Å². The van der Waals surface area contributed by atoms with Crippen molar-refractivity contribution >= 4 is 34.3 Å². The summed E-state index contributed by atoms with van der Waals surface area (Å²) in [6.45, 7) is 4.16. The number of nitrogens with one attached hydrogen (secondary N) is 1. The van der Waals surface area contributed by atoms with Crippen molar-refractivity contribution in [2.75, 3.05) is 0 Å². The molecule has 0 saturated carbocycles. The molecule has 3 rings (SSSR count). The van der Waals surface area contributed by atoms with Gasteiger partial charge in [-0.3, -0.25) is 9.59 Å². The van der Waals surface area contributed by atoms with Crippen molar-refractivity contribution < 1.29 is 9.59 Å². The second-order valence-electron chi connectivity index (χ2n) is 6.66. The number of hydrogen-bond donors (Lipinski definition) is 1. The molecule has 1 amide bonds. The molecule has 1 aromatic carbocycles. The lowest BCUT2D eigenvalue weighted by Crippen LogP contribution is -2.40. The fourth-order valence-electron chi connectivity index (χ4n) is 3.38. The zero-order chi connectivity index (χ0) is 15.2. The van der Waals surface area contributed by atoms with Crippen LogP contribution in [0.25, 0.3) is 0 Å². The first kappa shape index (κ1) is 14.8. The van der Waals surface area contributed by atoms with Gasteiger partial charge in [0.15, 0.2) is 5.78 Å². The molecular weight excluding hydrogens is 377 g/mol. The van der Waals surface area contributed by atoms with Gasteiger partial charge in [-0.25, -0.2) is 0 Å². The Morgan fingerprint density at radius 1 is 1.19 bits per heavy atom. The summed E-state index contributed by atoms with van der Waals surface area (Å²) in [7, 11) is 0. The van der Waals surface area contributed by atoms with Crippen molar-refractivity contribution in [3.8, 4) is 0 Å². The topological polar surface area (TPSA) is 46.2 Å². The number of ketones is 1. The van der Waals surface area contributed by atoms with Gasteiger partial charge in [0.25, 0.3) is 0 Å². The van der Waals surface area contributed by atoms with Crippen molar-refractivity contribution in [1.82, 2.24) is 5.32 Å². The number of hydrogen-bond acceptors (Lipinski definition) is 2. The average molecular weight is 395 g/mol. The molecular formula is C17H18INO2. The molecule has 1 aliphatic heterocycles. The summed E-state index contributed by atoms with van der Waals surface area (Å²) in [4.78, 5) is 24.7. The largest absolute Gasteiger partial charge is 0.329 e. The molecule has 2 aliphatic rings. The van der Waals surface area contributed by atoms with Crippen molar-refractivity contribution in [3.63, 3.8) is 0 Å². The number of carbonyl (C=O) groups is 2. The van der Waals surface area contributed by atoms with Crippen LogP contribution in [-0.2, 0) is 9.59 Å². The van der Waals surface area contributed by atoms with Crippen LogP contribution in [0.1, 0.15) is 44.6 Å². The Bertz CT molecular complexity index is 661. The Hall–Kier alpha value is -1.17. The summed E-state index contributed by atoms with van der Waals surface area (Å²) in [6.07, 6.45) is 1.69. The highest BCUT2D eigenvalue weighted by molar-refractivity contribution is 14.1. The van der Waals surface area contributed by atoms with Crippen LogP contribution in [0.5, 0.6) is 0 Å². The van der Waals surface area contributed by atoms with Gasteiger partial charge in [-0.05, 0) is 46.1 Å². The smallest absolute Gasteiger partial charge is 0.225 e. The van der Waals surface area contributed by atoms with Gasteiger partial charge in [-0.15, -0.1) is 0 Å². The van der Waals surface area contributed by atoms with Gasteiger partial charge in [0.2, 0.25) is 5.91 Å². The molecule has 0 bridgehead atoms. The number of Topliss-reactive ketones (excluding diaryl/α,β-unsaturated/α-hetero) is 1. The van der Waals surface area contributed by atoms with E-state index in [1.165, 1.54) is 0 Å². The SMILES string of the molecule is CC1(C)CC(=O)C2=C(C1)NC(=O)C[C@@H]2c1ccccc1I. The predicted octanol–water partition coefficient (Wildman–Crippen LogP) is 3.54. The Morgan fingerprint density at radius 3 is 2.62 bits per heavy atom. The van der Waals surface area contributed by atoms with E-state index in [9.17, 15) is 9.59 Å². The van der Waals surface area contributed by atoms with Crippen LogP contribution in [0.3, 0.4) is 0 Å². The van der Waals surface area contributed by atoms with Crippen LogP contribution in [0, 0.1) is 8.99 Å². The minimum atomic E-state index is -0.0922. The molecule has 0 fully saturated rings. The van der Waals surface area contributed by atoms with Crippen LogP contribution >= 0.6 is 22.6 Å². The third-order valence-corrected chi connectivity index (χ3v) is 5.21. The van der Waals surface area contributed by atoms with Gasteiger partial charge in [-0.2, -0.15) is 0 Å². The molecule has 1 atom stereocenters. The van der Waals surface area contributed by atoms with E-state index < -0.39 is 0 Å². The zero-order valence-corrected chi connectivity index (χ0v) is 14.4. The van der Waals surface area contributed by atoms with E-state index in [0.717, 1.165) is 26.8 Å². The predicted molar refractivity (Wildman–Crippen MR) is 89.7 cm³/mol. The first-order valence-electron chi connectivity index (χ1n) is 7.18. The number of benzene rings is 1. The third kappa shape index (κ3) is 2.78. The lowest BCUT2D eigenvalue weighted by molar-refractivity contribution is -0.122. The minimum absolute atomic E-state index is 0.0175. The summed E-state index contributed by atoms with van der Waals surface area (Å²) in [5.74, 6) is 0.111.